The van der Waals surface area contributed by atoms with Gasteiger partial charge in [-0.15, -0.1) is 0 Å². The van der Waals surface area contributed by atoms with Crippen molar-refractivity contribution in [2.75, 3.05) is 25.1 Å². The SMILES string of the molecule is N#CC1(c2ccc3c(c2)OCC(=O)N3)COC1. The summed E-state index contributed by atoms with van der Waals surface area (Å²) in [6.45, 7) is 0.843. The number of ether oxygens (including phenoxy) is 2. The Morgan fingerprint density at radius 2 is 2.24 bits per heavy atom. The van der Waals surface area contributed by atoms with Crippen LogP contribution in [0.3, 0.4) is 0 Å². The lowest BCUT2D eigenvalue weighted by Gasteiger charge is -2.36. The van der Waals surface area contributed by atoms with Crippen LogP contribution in [0.15, 0.2) is 18.2 Å². The Hall–Kier alpha value is -2.06. The average molecular weight is 230 g/mol. The van der Waals surface area contributed by atoms with Crippen molar-refractivity contribution in [2.24, 2.45) is 0 Å². The molecule has 1 aromatic rings. The van der Waals surface area contributed by atoms with Gasteiger partial charge in [-0.05, 0) is 17.7 Å². The number of nitriles is 1. The van der Waals surface area contributed by atoms with Gasteiger partial charge in [-0.2, -0.15) is 5.26 Å². The van der Waals surface area contributed by atoms with Crippen molar-refractivity contribution in [3.05, 3.63) is 23.8 Å². The summed E-state index contributed by atoms with van der Waals surface area (Å²) in [7, 11) is 0. The normalized spacial score (nSPS) is 20.3. The fraction of sp³-hybridized carbons (Fsp3) is 0.333. The van der Waals surface area contributed by atoms with Gasteiger partial charge in [-0.1, -0.05) is 6.07 Å². The van der Waals surface area contributed by atoms with Crippen LogP contribution in [-0.2, 0) is 14.9 Å². The molecule has 0 atom stereocenters. The van der Waals surface area contributed by atoms with E-state index in [2.05, 4.69) is 11.4 Å². The van der Waals surface area contributed by atoms with Crippen LogP contribution in [0.25, 0.3) is 0 Å². The molecule has 2 heterocycles. The van der Waals surface area contributed by atoms with E-state index in [0.717, 1.165) is 5.56 Å². The summed E-state index contributed by atoms with van der Waals surface area (Å²) >= 11 is 0. The maximum Gasteiger partial charge on any atom is 0.262 e. The van der Waals surface area contributed by atoms with Crippen molar-refractivity contribution in [1.82, 2.24) is 0 Å². The molecule has 2 aliphatic heterocycles. The molecule has 1 fully saturated rings. The number of carbonyl (C=O) groups is 1. The minimum atomic E-state index is -0.556. The summed E-state index contributed by atoms with van der Waals surface area (Å²) in [6.07, 6.45) is 0. The minimum absolute atomic E-state index is 0.0203. The molecule has 0 aliphatic carbocycles. The molecule has 0 radical (unpaired) electrons. The van der Waals surface area contributed by atoms with E-state index in [4.69, 9.17) is 9.47 Å². The Morgan fingerprint density at radius 3 is 2.88 bits per heavy atom. The Kier molecular flexibility index (Phi) is 2.06. The van der Waals surface area contributed by atoms with Crippen molar-refractivity contribution >= 4 is 11.6 Å². The van der Waals surface area contributed by atoms with Gasteiger partial charge in [-0.3, -0.25) is 4.79 Å². The molecule has 1 amide bonds. The Morgan fingerprint density at radius 1 is 1.41 bits per heavy atom. The van der Waals surface area contributed by atoms with Crippen molar-refractivity contribution < 1.29 is 14.3 Å². The lowest BCUT2D eigenvalue weighted by atomic mass is 9.80. The van der Waals surface area contributed by atoms with Gasteiger partial charge < -0.3 is 14.8 Å². The zero-order valence-corrected chi connectivity index (χ0v) is 9.03. The van der Waals surface area contributed by atoms with E-state index in [1.54, 1.807) is 12.1 Å². The number of rotatable bonds is 1. The Balaban J connectivity index is 1.99. The average Bonchev–Trinajstić information content (AvgIpc) is 2.28. The highest BCUT2D eigenvalue weighted by Gasteiger charge is 2.41. The van der Waals surface area contributed by atoms with Gasteiger partial charge in [0.15, 0.2) is 6.61 Å². The number of benzene rings is 1. The van der Waals surface area contributed by atoms with Crippen molar-refractivity contribution in [3.63, 3.8) is 0 Å². The van der Waals surface area contributed by atoms with E-state index in [9.17, 15) is 10.1 Å². The van der Waals surface area contributed by atoms with Gasteiger partial charge >= 0.3 is 0 Å². The van der Waals surface area contributed by atoms with E-state index in [0.29, 0.717) is 24.7 Å². The van der Waals surface area contributed by atoms with E-state index < -0.39 is 5.41 Å². The largest absolute Gasteiger partial charge is 0.482 e. The van der Waals surface area contributed by atoms with Crippen LogP contribution >= 0.6 is 0 Å². The number of nitrogens with one attached hydrogen (secondary N) is 1. The molecule has 5 heteroatoms. The quantitative estimate of drug-likeness (QED) is 0.774. The molecule has 0 bridgehead atoms. The Bertz CT molecular complexity index is 529. The zero-order valence-electron chi connectivity index (χ0n) is 9.03. The van der Waals surface area contributed by atoms with E-state index in [1.807, 2.05) is 6.07 Å². The van der Waals surface area contributed by atoms with Crippen LogP contribution in [0.2, 0.25) is 0 Å². The maximum atomic E-state index is 11.1. The van der Waals surface area contributed by atoms with E-state index in [1.165, 1.54) is 0 Å². The van der Waals surface area contributed by atoms with Crippen molar-refractivity contribution in [3.8, 4) is 11.8 Å². The van der Waals surface area contributed by atoms with Crippen LogP contribution in [-0.4, -0.2) is 25.7 Å². The summed E-state index contributed by atoms with van der Waals surface area (Å²) < 4.78 is 10.4. The Labute approximate surface area is 97.9 Å². The number of anilines is 1. The van der Waals surface area contributed by atoms with Crippen LogP contribution in [0, 0.1) is 11.3 Å². The smallest absolute Gasteiger partial charge is 0.262 e. The standard InChI is InChI=1S/C12H10N2O3/c13-5-12(6-16-7-12)8-1-2-9-10(3-8)17-4-11(15)14-9/h1-3H,4,6-7H2,(H,14,15). The molecule has 0 unspecified atom stereocenters. The third-order valence-electron chi connectivity index (χ3n) is 3.08. The summed E-state index contributed by atoms with van der Waals surface area (Å²) in [4.78, 5) is 11.1. The first-order chi connectivity index (χ1) is 8.23. The lowest BCUT2D eigenvalue weighted by Crippen LogP contribution is -2.45. The predicted octanol–water partition coefficient (Wildman–Crippen LogP) is 0.809. The summed E-state index contributed by atoms with van der Waals surface area (Å²) in [6, 6.07) is 7.68. The highest BCUT2D eigenvalue weighted by Crippen LogP contribution is 2.37. The first-order valence-electron chi connectivity index (χ1n) is 5.30. The number of hydrogen-bond donors (Lipinski definition) is 1. The second-order valence-corrected chi connectivity index (χ2v) is 4.23. The molecule has 86 valence electrons. The van der Waals surface area contributed by atoms with Crippen LogP contribution in [0.1, 0.15) is 5.56 Å². The van der Waals surface area contributed by atoms with E-state index in [-0.39, 0.29) is 12.5 Å². The van der Waals surface area contributed by atoms with Crippen LogP contribution in [0.5, 0.6) is 5.75 Å². The van der Waals surface area contributed by atoms with Gasteiger partial charge in [0.05, 0.1) is 25.0 Å². The van der Waals surface area contributed by atoms with Gasteiger partial charge in [0.2, 0.25) is 0 Å². The summed E-state index contributed by atoms with van der Waals surface area (Å²) in [5, 5.41) is 11.9. The third-order valence-corrected chi connectivity index (χ3v) is 3.08. The molecule has 0 spiro atoms. The van der Waals surface area contributed by atoms with Gasteiger partial charge in [-0.25, -0.2) is 0 Å². The fourth-order valence-electron chi connectivity index (χ4n) is 1.97. The first kappa shape index (κ1) is 10.1. The summed E-state index contributed by atoms with van der Waals surface area (Å²) in [5.41, 5.74) is 0.972. The number of fused-ring (bicyclic) bond motifs is 1. The molecule has 1 aromatic carbocycles. The van der Waals surface area contributed by atoms with Crippen molar-refractivity contribution in [1.29, 1.82) is 5.26 Å². The van der Waals surface area contributed by atoms with Crippen molar-refractivity contribution in [2.45, 2.75) is 5.41 Å². The molecule has 5 nitrogen and oxygen atoms in total. The number of hydrogen-bond acceptors (Lipinski definition) is 4. The molecule has 1 N–H and O–H groups in total. The minimum Gasteiger partial charge on any atom is -0.482 e. The molecule has 2 aliphatic rings. The fourth-order valence-corrected chi connectivity index (χ4v) is 1.97. The zero-order chi connectivity index (χ0) is 11.9. The molecule has 0 saturated carbocycles. The monoisotopic (exact) mass is 230 g/mol. The number of nitrogens with zero attached hydrogens (tertiary/aromatic N) is 1. The lowest BCUT2D eigenvalue weighted by molar-refractivity contribution is -0.118. The van der Waals surface area contributed by atoms with E-state index >= 15 is 0 Å². The molecular weight excluding hydrogens is 220 g/mol. The highest BCUT2D eigenvalue weighted by molar-refractivity contribution is 5.95. The first-order valence-corrected chi connectivity index (χ1v) is 5.30. The van der Waals surface area contributed by atoms with Gasteiger partial charge in [0.25, 0.3) is 5.91 Å². The predicted molar refractivity (Wildman–Crippen MR) is 58.7 cm³/mol. The number of carbonyl (C=O) groups excluding carboxylic acids is 1. The highest BCUT2D eigenvalue weighted by atomic mass is 16.5. The molecule has 17 heavy (non-hydrogen) atoms. The van der Waals surface area contributed by atoms with Crippen LogP contribution < -0.4 is 10.1 Å². The summed E-state index contributed by atoms with van der Waals surface area (Å²) in [5.74, 6) is 0.454. The maximum absolute atomic E-state index is 11.1. The second kappa shape index (κ2) is 3.47. The molecule has 3 rings (SSSR count). The third kappa shape index (κ3) is 1.46. The number of amides is 1. The van der Waals surface area contributed by atoms with Crippen LogP contribution in [0.4, 0.5) is 5.69 Å². The molecule has 0 aromatic heterocycles. The topological polar surface area (TPSA) is 71.3 Å². The molecular formula is C12H10N2O3. The van der Waals surface area contributed by atoms with Gasteiger partial charge in [0, 0.05) is 0 Å². The second-order valence-electron chi connectivity index (χ2n) is 4.23. The molecule has 1 saturated heterocycles. The van der Waals surface area contributed by atoms with Gasteiger partial charge in [0.1, 0.15) is 11.2 Å².